The second-order valence-corrected chi connectivity index (χ2v) is 3.26. The summed E-state index contributed by atoms with van der Waals surface area (Å²) in [6, 6.07) is 8.75. The van der Waals surface area contributed by atoms with Crippen LogP contribution in [0.5, 0.6) is 0 Å². The summed E-state index contributed by atoms with van der Waals surface area (Å²) in [6.07, 6.45) is 0.432. The number of pyridine rings is 1. The molecule has 0 radical (unpaired) electrons. The van der Waals surface area contributed by atoms with Gasteiger partial charge in [0.2, 0.25) is 0 Å². The molecule has 4 nitrogen and oxygen atoms in total. The molecule has 0 spiro atoms. The van der Waals surface area contributed by atoms with Crippen molar-refractivity contribution in [1.82, 2.24) is 4.98 Å². The third-order valence-electron chi connectivity index (χ3n) is 2.21. The standard InChI is InChI=1S/C11H10N2O2/c12-11(15)10(14)8-3-4-9-7(6-8)2-1-5-13-9/h1-6,10,14H,(H2,12,15). The fourth-order valence-electron chi connectivity index (χ4n) is 1.43. The van der Waals surface area contributed by atoms with E-state index in [9.17, 15) is 9.90 Å². The smallest absolute Gasteiger partial charge is 0.250 e. The zero-order chi connectivity index (χ0) is 10.8. The summed E-state index contributed by atoms with van der Waals surface area (Å²) < 4.78 is 0. The number of primary amides is 1. The Balaban J connectivity index is 2.51. The number of carbonyl (C=O) groups excluding carboxylic acids is 1. The first-order valence-electron chi connectivity index (χ1n) is 4.50. The quantitative estimate of drug-likeness (QED) is 0.754. The number of carbonyl (C=O) groups is 1. The van der Waals surface area contributed by atoms with Crippen molar-refractivity contribution in [3.8, 4) is 0 Å². The molecule has 76 valence electrons. The topological polar surface area (TPSA) is 76.2 Å². The fraction of sp³-hybridized carbons (Fsp3) is 0.0909. The number of nitrogens with two attached hydrogens (primary N) is 1. The van der Waals surface area contributed by atoms with Gasteiger partial charge < -0.3 is 10.8 Å². The first-order chi connectivity index (χ1) is 7.18. The van der Waals surface area contributed by atoms with E-state index in [2.05, 4.69) is 4.98 Å². The van der Waals surface area contributed by atoms with Gasteiger partial charge >= 0.3 is 0 Å². The minimum absolute atomic E-state index is 0.489. The van der Waals surface area contributed by atoms with Gasteiger partial charge in [-0.25, -0.2) is 0 Å². The molecule has 15 heavy (non-hydrogen) atoms. The van der Waals surface area contributed by atoms with Gasteiger partial charge in [0.25, 0.3) is 5.91 Å². The van der Waals surface area contributed by atoms with E-state index in [1.165, 1.54) is 0 Å². The van der Waals surface area contributed by atoms with Gasteiger partial charge in [-0.2, -0.15) is 0 Å². The highest BCUT2D eigenvalue weighted by atomic mass is 16.3. The Hall–Kier alpha value is -1.94. The van der Waals surface area contributed by atoms with E-state index in [0.717, 1.165) is 10.9 Å². The number of benzene rings is 1. The van der Waals surface area contributed by atoms with Crippen molar-refractivity contribution >= 4 is 16.8 Å². The monoisotopic (exact) mass is 202 g/mol. The number of amides is 1. The first-order valence-corrected chi connectivity index (χ1v) is 4.50. The van der Waals surface area contributed by atoms with Crippen molar-refractivity contribution in [2.45, 2.75) is 6.10 Å². The van der Waals surface area contributed by atoms with E-state index in [1.54, 1.807) is 30.5 Å². The molecular weight excluding hydrogens is 192 g/mol. The molecule has 2 aromatic rings. The lowest BCUT2D eigenvalue weighted by atomic mass is 10.1. The summed E-state index contributed by atoms with van der Waals surface area (Å²) in [4.78, 5) is 14.9. The molecule has 0 saturated carbocycles. The molecule has 3 N–H and O–H groups in total. The van der Waals surface area contributed by atoms with E-state index in [4.69, 9.17) is 5.73 Å². The Bertz CT molecular complexity index is 511. The van der Waals surface area contributed by atoms with Crippen LogP contribution in [-0.4, -0.2) is 16.0 Å². The van der Waals surface area contributed by atoms with Gasteiger partial charge in [-0.15, -0.1) is 0 Å². The highest BCUT2D eigenvalue weighted by Crippen LogP contribution is 2.18. The summed E-state index contributed by atoms with van der Waals surface area (Å²) in [5, 5.41) is 10.3. The van der Waals surface area contributed by atoms with E-state index in [-0.39, 0.29) is 0 Å². The van der Waals surface area contributed by atoms with Crippen molar-refractivity contribution in [3.63, 3.8) is 0 Å². The molecule has 1 heterocycles. The minimum atomic E-state index is -1.25. The van der Waals surface area contributed by atoms with Gasteiger partial charge in [0.05, 0.1) is 5.52 Å². The summed E-state index contributed by atoms with van der Waals surface area (Å²) in [5.41, 5.74) is 6.31. The maximum Gasteiger partial charge on any atom is 0.250 e. The average molecular weight is 202 g/mol. The van der Waals surface area contributed by atoms with Crippen LogP contribution in [0.25, 0.3) is 10.9 Å². The molecule has 2 rings (SSSR count). The number of aromatic nitrogens is 1. The Morgan fingerprint density at radius 2 is 2.20 bits per heavy atom. The van der Waals surface area contributed by atoms with Crippen LogP contribution in [0.15, 0.2) is 36.5 Å². The highest BCUT2D eigenvalue weighted by molar-refractivity contribution is 5.84. The molecule has 0 bridgehead atoms. The summed E-state index contributed by atoms with van der Waals surface area (Å²) in [5.74, 6) is -0.752. The number of hydrogen-bond donors (Lipinski definition) is 2. The lowest BCUT2D eigenvalue weighted by Gasteiger charge is -2.07. The molecule has 1 unspecified atom stereocenters. The Labute approximate surface area is 86.4 Å². The second kappa shape index (κ2) is 3.67. The number of hydrogen-bond acceptors (Lipinski definition) is 3. The van der Waals surface area contributed by atoms with Gasteiger partial charge in [-0.3, -0.25) is 9.78 Å². The third kappa shape index (κ3) is 1.80. The first kappa shape index (κ1) is 9.61. The van der Waals surface area contributed by atoms with E-state index in [1.807, 2.05) is 6.07 Å². The second-order valence-electron chi connectivity index (χ2n) is 3.26. The number of aliphatic hydroxyl groups excluding tert-OH is 1. The molecule has 0 fully saturated rings. The van der Waals surface area contributed by atoms with Gasteiger partial charge in [-0.1, -0.05) is 12.1 Å². The Morgan fingerprint density at radius 3 is 2.93 bits per heavy atom. The van der Waals surface area contributed by atoms with Crippen LogP contribution in [0.1, 0.15) is 11.7 Å². The minimum Gasteiger partial charge on any atom is -0.378 e. The molecule has 0 aliphatic rings. The van der Waals surface area contributed by atoms with Gasteiger partial charge in [0, 0.05) is 11.6 Å². The highest BCUT2D eigenvalue weighted by Gasteiger charge is 2.13. The molecule has 0 aliphatic carbocycles. The van der Waals surface area contributed by atoms with Crippen molar-refractivity contribution < 1.29 is 9.90 Å². The predicted molar refractivity (Wildman–Crippen MR) is 55.9 cm³/mol. The molecular formula is C11H10N2O2. The van der Waals surface area contributed by atoms with Crippen LogP contribution in [0, 0.1) is 0 Å². The van der Waals surface area contributed by atoms with Crippen LogP contribution < -0.4 is 5.73 Å². The largest absolute Gasteiger partial charge is 0.378 e. The normalized spacial score (nSPS) is 12.6. The van der Waals surface area contributed by atoms with E-state index < -0.39 is 12.0 Å². The van der Waals surface area contributed by atoms with Crippen LogP contribution in [0.4, 0.5) is 0 Å². The molecule has 1 amide bonds. The molecule has 0 saturated heterocycles. The van der Waals surface area contributed by atoms with Crippen LogP contribution in [-0.2, 0) is 4.79 Å². The summed E-state index contributed by atoms with van der Waals surface area (Å²) >= 11 is 0. The molecule has 1 atom stereocenters. The molecule has 1 aromatic carbocycles. The number of fused-ring (bicyclic) bond motifs is 1. The lowest BCUT2D eigenvalue weighted by Crippen LogP contribution is -2.20. The number of nitrogens with zero attached hydrogens (tertiary/aromatic N) is 1. The van der Waals surface area contributed by atoms with Gasteiger partial charge in [0.15, 0.2) is 6.10 Å². The molecule has 4 heteroatoms. The summed E-state index contributed by atoms with van der Waals surface area (Å²) in [7, 11) is 0. The SMILES string of the molecule is NC(=O)C(O)c1ccc2ncccc2c1. The van der Waals surface area contributed by atoms with Crippen molar-refractivity contribution in [2.75, 3.05) is 0 Å². The van der Waals surface area contributed by atoms with Crippen LogP contribution >= 0.6 is 0 Å². The maximum absolute atomic E-state index is 10.8. The Kier molecular flexibility index (Phi) is 2.35. The average Bonchev–Trinajstić information content (AvgIpc) is 2.27. The van der Waals surface area contributed by atoms with Gasteiger partial charge in [-0.05, 0) is 23.8 Å². The zero-order valence-corrected chi connectivity index (χ0v) is 7.92. The van der Waals surface area contributed by atoms with Crippen molar-refractivity contribution in [3.05, 3.63) is 42.1 Å². The molecule has 1 aromatic heterocycles. The lowest BCUT2D eigenvalue weighted by molar-refractivity contribution is -0.126. The van der Waals surface area contributed by atoms with Crippen LogP contribution in [0.3, 0.4) is 0 Å². The Morgan fingerprint density at radius 1 is 1.40 bits per heavy atom. The zero-order valence-electron chi connectivity index (χ0n) is 7.92. The molecule has 0 aliphatic heterocycles. The maximum atomic E-state index is 10.8. The predicted octanol–water partition coefficient (Wildman–Crippen LogP) is 0.754. The van der Waals surface area contributed by atoms with Crippen LogP contribution in [0.2, 0.25) is 0 Å². The fourth-order valence-corrected chi connectivity index (χ4v) is 1.43. The number of aliphatic hydroxyl groups is 1. The van der Waals surface area contributed by atoms with Gasteiger partial charge in [0.1, 0.15) is 0 Å². The van der Waals surface area contributed by atoms with Crippen molar-refractivity contribution in [1.29, 1.82) is 0 Å². The van der Waals surface area contributed by atoms with E-state index >= 15 is 0 Å². The van der Waals surface area contributed by atoms with Crippen molar-refractivity contribution in [2.24, 2.45) is 5.73 Å². The number of rotatable bonds is 2. The van der Waals surface area contributed by atoms with E-state index in [0.29, 0.717) is 5.56 Å². The third-order valence-corrected chi connectivity index (χ3v) is 2.21. The summed E-state index contributed by atoms with van der Waals surface area (Å²) in [6.45, 7) is 0.